The van der Waals surface area contributed by atoms with Gasteiger partial charge in [0.2, 0.25) is 0 Å². The minimum absolute atomic E-state index is 0.0510. The molecule has 0 fully saturated rings. The molecule has 0 radical (unpaired) electrons. The van der Waals surface area contributed by atoms with Crippen LogP contribution >= 0.6 is 24.0 Å². The maximum atomic E-state index is 11.7. The third-order valence-electron chi connectivity index (χ3n) is 1.80. The second-order valence-corrected chi connectivity index (χ2v) is 4.70. The van der Waals surface area contributed by atoms with Crippen LogP contribution in [0.4, 0.5) is 0 Å². The van der Waals surface area contributed by atoms with Crippen LogP contribution in [0.1, 0.15) is 20.3 Å². The molecule has 0 aromatic heterocycles. The van der Waals surface area contributed by atoms with Crippen LogP contribution in [0.2, 0.25) is 0 Å². The summed E-state index contributed by atoms with van der Waals surface area (Å²) in [6.07, 6.45) is 4.33. The lowest BCUT2D eigenvalue weighted by molar-refractivity contribution is -0.123. The van der Waals surface area contributed by atoms with E-state index in [9.17, 15) is 4.79 Å². The number of rotatable bonds is 5. The molecule has 0 aromatic carbocycles. The molecule has 0 N–H and O–H groups in total. The van der Waals surface area contributed by atoms with E-state index in [4.69, 9.17) is 12.2 Å². The van der Waals surface area contributed by atoms with Gasteiger partial charge in [0.05, 0.1) is 10.1 Å². The molecule has 3 heteroatoms. The molecule has 1 atom stereocenters. The monoisotopic (exact) mass is 216 g/mol. The van der Waals surface area contributed by atoms with E-state index < -0.39 is 0 Å². The molecule has 0 saturated heterocycles. The summed E-state index contributed by atoms with van der Waals surface area (Å²) >= 11 is 6.61. The standard InChI is InChI=1S/C10H16OS2/c1-5-6-8(10(12)13-4)9(11)7(2)3/h5,7-8H,1,6H2,2-4H3. The quantitative estimate of drug-likeness (QED) is 0.519. The van der Waals surface area contributed by atoms with Gasteiger partial charge in [-0.15, -0.1) is 18.3 Å². The topological polar surface area (TPSA) is 17.1 Å². The zero-order chi connectivity index (χ0) is 10.4. The number of ketones is 1. The molecular weight excluding hydrogens is 200 g/mol. The minimum Gasteiger partial charge on any atom is -0.299 e. The van der Waals surface area contributed by atoms with Crippen molar-refractivity contribution in [2.45, 2.75) is 20.3 Å². The van der Waals surface area contributed by atoms with Crippen molar-refractivity contribution in [2.75, 3.05) is 6.26 Å². The fourth-order valence-corrected chi connectivity index (χ4v) is 1.75. The summed E-state index contributed by atoms with van der Waals surface area (Å²) < 4.78 is 0.776. The Morgan fingerprint density at radius 2 is 2.15 bits per heavy atom. The first-order valence-corrected chi connectivity index (χ1v) is 5.90. The van der Waals surface area contributed by atoms with Crippen molar-refractivity contribution in [1.29, 1.82) is 0 Å². The minimum atomic E-state index is -0.123. The van der Waals surface area contributed by atoms with Crippen molar-refractivity contribution in [3.8, 4) is 0 Å². The molecule has 1 nitrogen and oxygen atoms in total. The van der Waals surface area contributed by atoms with Crippen LogP contribution in [-0.2, 0) is 4.79 Å². The number of Topliss-reactive ketones (excluding diaryl/α,β-unsaturated/α-hetero) is 1. The Labute approximate surface area is 90.0 Å². The fourth-order valence-electron chi connectivity index (χ4n) is 1.04. The van der Waals surface area contributed by atoms with Crippen LogP contribution in [-0.4, -0.2) is 16.2 Å². The van der Waals surface area contributed by atoms with Gasteiger partial charge in [-0.1, -0.05) is 32.1 Å². The molecule has 0 bridgehead atoms. The first kappa shape index (κ1) is 12.8. The average molecular weight is 216 g/mol. The van der Waals surface area contributed by atoms with Crippen LogP contribution in [0.25, 0.3) is 0 Å². The Kier molecular flexibility index (Phi) is 6.25. The molecule has 0 aromatic rings. The van der Waals surface area contributed by atoms with Gasteiger partial charge in [0.1, 0.15) is 5.78 Å². The largest absolute Gasteiger partial charge is 0.299 e. The molecular formula is C10H16OS2. The van der Waals surface area contributed by atoms with Gasteiger partial charge in [-0.2, -0.15) is 0 Å². The molecule has 0 amide bonds. The number of hydrogen-bond acceptors (Lipinski definition) is 3. The summed E-state index contributed by atoms with van der Waals surface area (Å²) in [6.45, 7) is 7.45. The first-order valence-electron chi connectivity index (χ1n) is 4.27. The first-order chi connectivity index (χ1) is 6.04. The smallest absolute Gasteiger partial charge is 0.144 e. The Balaban J connectivity index is 4.49. The molecule has 0 spiro atoms. The Bertz CT molecular complexity index is 209. The van der Waals surface area contributed by atoms with E-state index in [1.165, 1.54) is 11.8 Å². The number of thiocarbonyl (C=S) groups is 1. The summed E-state index contributed by atoms with van der Waals surface area (Å²) in [6, 6.07) is 0. The normalized spacial score (nSPS) is 12.6. The molecule has 0 rings (SSSR count). The van der Waals surface area contributed by atoms with Crippen LogP contribution in [0.15, 0.2) is 12.7 Å². The van der Waals surface area contributed by atoms with Crippen molar-refractivity contribution in [1.82, 2.24) is 0 Å². The van der Waals surface area contributed by atoms with Gasteiger partial charge in [-0.3, -0.25) is 4.79 Å². The number of carbonyl (C=O) groups is 1. The number of allylic oxidation sites excluding steroid dienone is 1. The van der Waals surface area contributed by atoms with E-state index in [0.29, 0.717) is 6.42 Å². The molecule has 0 saturated carbocycles. The van der Waals surface area contributed by atoms with E-state index in [0.717, 1.165) is 4.20 Å². The summed E-state index contributed by atoms with van der Waals surface area (Å²) in [5.41, 5.74) is 0. The van der Waals surface area contributed by atoms with Crippen molar-refractivity contribution in [3.05, 3.63) is 12.7 Å². The van der Waals surface area contributed by atoms with Crippen molar-refractivity contribution < 1.29 is 4.79 Å². The number of carbonyl (C=O) groups excluding carboxylic acids is 1. The zero-order valence-electron chi connectivity index (χ0n) is 8.37. The highest BCUT2D eigenvalue weighted by atomic mass is 32.2. The van der Waals surface area contributed by atoms with Gasteiger partial charge in [-0.05, 0) is 12.7 Å². The third kappa shape index (κ3) is 4.05. The van der Waals surface area contributed by atoms with Gasteiger partial charge >= 0.3 is 0 Å². The van der Waals surface area contributed by atoms with E-state index >= 15 is 0 Å². The predicted molar refractivity (Wildman–Crippen MR) is 64.3 cm³/mol. The van der Waals surface area contributed by atoms with Gasteiger partial charge in [0.25, 0.3) is 0 Å². The lowest BCUT2D eigenvalue weighted by Gasteiger charge is -2.15. The van der Waals surface area contributed by atoms with E-state index in [2.05, 4.69) is 6.58 Å². The molecule has 74 valence electrons. The van der Waals surface area contributed by atoms with Gasteiger partial charge in [0.15, 0.2) is 0 Å². The summed E-state index contributed by atoms with van der Waals surface area (Å²) in [5, 5.41) is 0. The summed E-state index contributed by atoms with van der Waals surface area (Å²) in [4.78, 5) is 11.7. The van der Waals surface area contributed by atoms with Crippen LogP contribution in [0, 0.1) is 11.8 Å². The number of hydrogen-bond donors (Lipinski definition) is 0. The van der Waals surface area contributed by atoms with Crippen LogP contribution in [0.5, 0.6) is 0 Å². The summed E-state index contributed by atoms with van der Waals surface area (Å²) in [5.74, 6) is 0.150. The molecule has 0 aliphatic heterocycles. The van der Waals surface area contributed by atoms with Gasteiger partial charge in [0, 0.05) is 5.92 Å². The molecule has 0 aliphatic carbocycles. The highest BCUT2D eigenvalue weighted by Crippen LogP contribution is 2.19. The molecule has 0 heterocycles. The third-order valence-corrected chi connectivity index (χ3v) is 3.27. The van der Waals surface area contributed by atoms with Gasteiger partial charge in [-0.25, -0.2) is 0 Å². The van der Waals surface area contributed by atoms with E-state index in [1.54, 1.807) is 6.08 Å². The van der Waals surface area contributed by atoms with Crippen molar-refractivity contribution in [3.63, 3.8) is 0 Å². The Morgan fingerprint density at radius 1 is 1.62 bits per heavy atom. The molecule has 1 unspecified atom stereocenters. The maximum Gasteiger partial charge on any atom is 0.144 e. The highest BCUT2D eigenvalue weighted by molar-refractivity contribution is 8.22. The average Bonchev–Trinajstić information content (AvgIpc) is 2.11. The van der Waals surface area contributed by atoms with Crippen LogP contribution in [0.3, 0.4) is 0 Å². The number of thioether (sulfide) groups is 1. The molecule has 13 heavy (non-hydrogen) atoms. The van der Waals surface area contributed by atoms with Crippen molar-refractivity contribution in [2.24, 2.45) is 11.8 Å². The lowest BCUT2D eigenvalue weighted by Crippen LogP contribution is -2.24. The zero-order valence-corrected chi connectivity index (χ0v) is 10.0. The highest BCUT2D eigenvalue weighted by Gasteiger charge is 2.23. The SMILES string of the molecule is C=CCC(C(=O)C(C)C)C(=S)SC. The maximum absolute atomic E-state index is 11.7. The van der Waals surface area contributed by atoms with Crippen molar-refractivity contribution >= 4 is 34.0 Å². The Morgan fingerprint density at radius 3 is 2.46 bits per heavy atom. The Hall–Kier alpha value is -0.150. The second-order valence-electron chi connectivity index (χ2n) is 3.16. The summed E-state index contributed by atoms with van der Waals surface area (Å²) in [7, 11) is 0. The van der Waals surface area contributed by atoms with Gasteiger partial charge < -0.3 is 0 Å². The lowest BCUT2D eigenvalue weighted by atomic mass is 9.94. The fraction of sp³-hybridized carbons (Fsp3) is 0.600. The van der Waals surface area contributed by atoms with Crippen LogP contribution < -0.4 is 0 Å². The molecule has 0 aliphatic rings. The predicted octanol–water partition coefficient (Wildman–Crippen LogP) is 3.09. The van der Waals surface area contributed by atoms with E-state index in [-0.39, 0.29) is 17.6 Å². The second kappa shape index (κ2) is 6.33. The van der Waals surface area contributed by atoms with E-state index in [1.807, 2.05) is 20.1 Å².